The van der Waals surface area contributed by atoms with Gasteiger partial charge in [-0.1, -0.05) is 32.8 Å². The second kappa shape index (κ2) is 10.3. The van der Waals surface area contributed by atoms with E-state index in [-0.39, 0.29) is 11.9 Å². The molecule has 5 nitrogen and oxygen atoms in total. The molecule has 1 aliphatic carbocycles. The Morgan fingerprint density at radius 3 is 2.86 bits per heavy atom. The van der Waals surface area contributed by atoms with Crippen molar-refractivity contribution >= 4 is 23.6 Å². The first-order valence-corrected chi connectivity index (χ1v) is 11.6. The Morgan fingerprint density at radius 1 is 1.32 bits per heavy atom. The van der Waals surface area contributed by atoms with Crippen LogP contribution >= 0.6 is 11.8 Å². The van der Waals surface area contributed by atoms with Crippen molar-refractivity contribution in [2.75, 3.05) is 18.9 Å². The summed E-state index contributed by atoms with van der Waals surface area (Å²) in [6.45, 7) is 6.31. The zero-order valence-electron chi connectivity index (χ0n) is 17.1. The van der Waals surface area contributed by atoms with Crippen molar-refractivity contribution in [1.29, 1.82) is 0 Å². The number of carbonyl (C=O) groups excluding carboxylic acids is 2. The van der Waals surface area contributed by atoms with Gasteiger partial charge in [0.1, 0.15) is 0 Å². The second-order valence-corrected chi connectivity index (χ2v) is 9.00. The average Bonchev–Trinajstić information content (AvgIpc) is 3.55. The minimum Gasteiger partial charge on any atom is -0.465 e. The maximum absolute atomic E-state index is 12.3. The summed E-state index contributed by atoms with van der Waals surface area (Å²) >= 11 is 1.60. The largest absolute Gasteiger partial charge is 0.465 e. The van der Waals surface area contributed by atoms with E-state index in [1.54, 1.807) is 11.8 Å². The van der Waals surface area contributed by atoms with Crippen LogP contribution in [-0.4, -0.2) is 40.7 Å². The first-order chi connectivity index (χ1) is 13.6. The van der Waals surface area contributed by atoms with Crippen LogP contribution in [0.25, 0.3) is 0 Å². The summed E-state index contributed by atoms with van der Waals surface area (Å²) in [5.41, 5.74) is 2.25. The van der Waals surface area contributed by atoms with Gasteiger partial charge in [-0.2, -0.15) is 0 Å². The number of carbonyl (C=O) groups is 2. The van der Waals surface area contributed by atoms with E-state index < -0.39 is 0 Å². The molecule has 0 N–H and O–H groups in total. The lowest BCUT2D eigenvalue weighted by atomic mass is 10.0. The van der Waals surface area contributed by atoms with Gasteiger partial charge in [0.05, 0.1) is 18.1 Å². The van der Waals surface area contributed by atoms with Crippen LogP contribution in [-0.2, 0) is 27.3 Å². The molecule has 1 aliphatic heterocycles. The molecule has 2 heterocycles. The molecule has 0 bridgehead atoms. The Morgan fingerprint density at radius 2 is 2.14 bits per heavy atom. The van der Waals surface area contributed by atoms with Crippen LogP contribution in [0.5, 0.6) is 0 Å². The van der Waals surface area contributed by atoms with E-state index in [1.807, 2.05) is 11.0 Å². The van der Waals surface area contributed by atoms with Gasteiger partial charge in [0, 0.05) is 36.9 Å². The number of hydrogen-bond acceptors (Lipinski definition) is 5. The summed E-state index contributed by atoms with van der Waals surface area (Å²) in [4.78, 5) is 30.9. The number of fused-ring (bicyclic) bond motifs is 1. The number of ether oxygens (including phenoxy) is 1. The number of nitrogens with zero attached hydrogens (tertiary/aromatic N) is 2. The highest BCUT2D eigenvalue weighted by Gasteiger charge is 2.34. The van der Waals surface area contributed by atoms with Gasteiger partial charge in [-0.25, -0.2) is 4.98 Å². The van der Waals surface area contributed by atoms with Crippen LogP contribution in [0.15, 0.2) is 17.2 Å². The summed E-state index contributed by atoms with van der Waals surface area (Å²) in [6.07, 6.45) is 6.63. The van der Waals surface area contributed by atoms with Gasteiger partial charge in [0.25, 0.3) is 0 Å². The van der Waals surface area contributed by atoms with Gasteiger partial charge in [0.15, 0.2) is 0 Å². The summed E-state index contributed by atoms with van der Waals surface area (Å²) in [5.74, 6) is 1.64. The lowest BCUT2D eigenvalue weighted by molar-refractivity contribution is -0.144. The van der Waals surface area contributed by atoms with Crippen molar-refractivity contribution in [2.45, 2.75) is 70.4 Å². The predicted molar refractivity (Wildman–Crippen MR) is 111 cm³/mol. The molecular formula is C22H32N2O3S. The van der Waals surface area contributed by atoms with Gasteiger partial charge < -0.3 is 9.64 Å². The van der Waals surface area contributed by atoms with Gasteiger partial charge in [-0.15, -0.1) is 11.8 Å². The maximum Gasteiger partial charge on any atom is 0.306 e. The molecule has 6 heteroatoms. The van der Waals surface area contributed by atoms with Gasteiger partial charge in [0.2, 0.25) is 5.91 Å². The van der Waals surface area contributed by atoms with E-state index in [2.05, 4.69) is 19.9 Å². The molecule has 1 unspecified atom stereocenters. The van der Waals surface area contributed by atoms with E-state index in [1.165, 1.54) is 0 Å². The molecule has 1 saturated carbocycles. The Labute approximate surface area is 172 Å². The van der Waals surface area contributed by atoms with E-state index in [9.17, 15) is 9.59 Å². The Kier molecular flexibility index (Phi) is 7.77. The third-order valence-corrected chi connectivity index (χ3v) is 6.50. The van der Waals surface area contributed by atoms with Crippen molar-refractivity contribution in [1.82, 2.24) is 9.88 Å². The topological polar surface area (TPSA) is 59.5 Å². The summed E-state index contributed by atoms with van der Waals surface area (Å²) < 4.78 is 5.42. The highest BCUT2D eigenvalue weighted by atomic mass is 32.2. The SMILES string of the molecule is CCCC(CC)COC(=O)CCSc1ccc2c(n1)CCN(C(=O)C1CC1)C2. The first kappa shape index (κ1) is 21.2. The monoisotopic (exact) mass is 404 g/mol. The molecule has 1 aromatic rings. The third kappa shape index (κ3) is 5.97. The Balaban J connectivity index is 1.41. The smallest absolute Gasteiger partial charge is 0.306 e. The summed E-state index contributed by atoms with van der Waals surface area (Å²) in [7, 11) is 0. The number of hydrogen-bond donors (Lipinski definition) is 0. The Bertz CT molecular complexity index is 690. The minimum atomic E-state index is -0.116. The molecule has 3 rings (SSSR count). The number of rotatable bonds is 10. The molecule has 1 amide bonds. The molecule has 2 aliphatic rings. The number of pyridine rings is 1. The van der Waals surface area contributed by atoms with E-state index in [0.29, 0.717) is 37.2 Å². The molecule has 1 atom stereocenters. The van der Waals surface area contributed by atoms with Crippen molar-refractivity contribution < 1.29 is 14.3 Å². The summed E-state index contributed by atoms with van der Waals surface area (Å²) in [5, 5.41) is 0.950. The van der Waals surface area contributed by atoms with Crippen molar-refractivity contribution in [3.63, 3.8) is 0 Å². The van der Waals surface area contributed by atoms with Gasteiger partial charge >= 0.3 is 5.97 Å². The molecule has 154 valence electrons. The summed E-state index contributed by atoms with van der Waals surface area (Å²) in [6, 6.07) is 4.10. The molecule has 1 fully saturated rings. The minimum absolute atomic E-state index is 0.116. The van der Waals surface area contributed by atoms with Crippen LogP contribution in [0.3, 0.4) is 0 Å². The van der Waals surface area contributed by atoms with Crippen LogP contribution in [0.2, 0.25) is 0 Å². The molecular weight excluding hydrogens is 372 g/mol. The second-order valence-electron chi connectivity index (χ2n) is 7.88. The number of amides is 1. The van der Waals surface area contributed by atoms with Crippen LogP contribution in [0.1, 0.15) is 63.6 Å². The third-order valence-electron chi connectivity index (χ3n) is 5.57. The van der Waals surface area contributed by atoms with E-state index in [0.717, 1.165) is 61.4 Å². The number of aromatic nitrogens is 1. The standard InChI is InChI=1S/C22H32N2O3S/c1-3-5-16(4-2)15-27-21(25)11-13-28-20-9-8-18-14-24(12-10-19(18)23-20)22(26)17-6-7-17/h8-9,16-17H,3-7,10-15H2,1-2H3. The molecule has 1 aromatic heterocycles. The highest BCUT2D eigenvalue weighted by Crippen LogP contribution is 2.33. The first-order valence-electron chi connectivity index (χ1n) is 10.7. The van der Waals surface area contributed by atoms with Crippen LogP contribution in [0.4, 0.5) is 0 Å². The molecule has 28 heavy (non-hydrogen) atoms. The fourth-order valence-electron chi connectivity index (χ4n) is 3.59. The predicted octanol–water partition coefficient (Wildman–Crippen LogP) is 4.23. The Hall–Kier alpha value is -1.56. The quantitative estimate of drug-likeness (QED) is 0.431. The number of esters is 1. The zero-order valence-corrected chi connectivity index (χ0v) is 17.9. The fraction of sp³-hybridized carbons (Fsp3) is 0.682. The van der Waals surface area contributed by atoms with E-state index >= 15 is 0 Å². The maximum atomic E-state index is 12.3. The lowest BCUT2D eigenvalue weighted by Crippen LogP contribution is -2.37. The fourth-order valence-corrected chi connectivity index (χ4v) is 4.41. The van der Waals surface area contributed by atoms with Gasteiger partial charge in [-0.3, -0.25) is 9.59 Å². The van der Waals surface area contributed by atoms with Crippen LogP contribution in [0, 0.1) is 11.8 Å². The van der Waals surface area contributed by atoms with Crippen molar-refractivity contribution in [3.05, 3.63) is 23.4 Å². The molecule has 0 saturated heterocycles. The van der Waals surface area contributed by atoms with E-state index in [4.69, 9.17) is 9.72 Å². The van der Waals surface area contributed by atoms with Gasteiger partial charge in [-0.05, 0) is 36.8 Å². The van der Waals surface area contributed by atoms with Crippen LogP contribution < -0.4 is 0 Å². The molecule has 0 aromatic carbocycles. The van der Waals surface area contributed by atoms with Crippen molar-refractivity contribution in [2.24, 2.45) is 11.8 Å². The normalized spacial score (nSPS) is 17.1. The lowest BCUT2D eigenvalue weighted by Gasteiger charge is -2.28. The highest BCUT2D eigenvalue weighted by molar-refractivity contribution is 7.99. The zero-order chi connectivity index (χ0) is 19.9. The molecule has 0 radical (unpaired) electrons. The van der Waals surface area contributed by atoms with Crippen molar-refractivity contribution in [3.8, 4) is 0 Å². The molecule has 0 spiro atoms. The average molecular weight is 405 g/mol. The number of thioether (sulfide) groups is 1.